The van der Waals surface area contributed by atoms with Crippen molar-refractivity contribution in [2.75, 3.05) is 18.0 Å². The molecule has 1 heterocycles. The maximum atomic E-state index is 11.2. The van der Waals surface area contributed by atoms with Gasteiger partial charge in [0.15, 0.2) is 0 Å². The van der Waals surface area contributed by atoms with E-state index in [1.807, 2.05) is 13.0 Å². The zero-order valence-corrected chi connectivity index (χ0v) is 11.5. The highest BCUT2D eigenvalue weighted by atomic mass is 16.6. The van der Waals surface area contributed by atoms with Gasteiger partial charge in [-0.15, -0.1) is 0 Å². The molecule has 2 atom stereocenters. The average molecular weight is 263 g/mol. The van der Waals surface area contributed by atoms with Gasteiger partial charge in [-0.2, -0.15) is 0 Å². The molecule has 2 unspecified atom stereocenters. The van der Waals surface area contributed by atoms with Gasteiger partial charge in [0.1, 0.15) is 5.69 Å². The molecule has 1 fully saturated rings. The number of nitro benzene ring substituents is 1. The van der Waals surface area contributed by atoms with E-state index in [4.69, 9.17) is 5.73 Å². The summed E-state index contributed by atoms with van der Waals surface area (Å²) >= 11 is 0. The van der Waals surface area contributed by atoms with Crippen LogP contribution in [0.5, 0.6) is 0 Å². The molecule has 19 heavy (non-hydrogen) atoms. The number of nitrogens with zero attached hydrogens (tertiary/aromatic N) is 2. The van der Waals surface area contributed by atoms with Gasteiger partial charge in [-0.3, -0.25) is 10.1 Å². The Morgan fingerprint density at radius 2 is 2.21 bits per heavy atom. The first-order chi connectivity index (χ1) is 9.04. The van der Waals surface area contributed by atoms with Gasteiger partial charge in [-0.05, 0) is 44.7 Å². The fraction of sp³-hybridized carbons (Fsp3) is 0.571. The number of nitrogens with two attached hydrogens (primary N) is 1. The van der Waals surface area contributed by atoms with Crippen LogP contribution >= 0.6 is 0 Å². The van der Waals surface area contributed by atoms with Gasteiger partial charge < -0.3 is 10.6 Å². The SMILES string of the molecule is Cc1cccc([N+](=O)[O-])c1N1CC(CN)CCC1C. The summed E-state index contributed by atoms with van der Waals surface area (Å²) in [4.78, 5) is 13.1. The first kappa shape index (κ1) is 13.8. The highest BCUT2D eigenvalue weighted by molar-refractivity contribution is 5.68. The van der Waals surface area contributed by atoms with Crippen LogP contribution in [-0.2, 0) is 0 Å². The summed E-state index contributed by atoms with van der Waals surface area (Å²) in [5.74, 6) is 0.426. The zero-order valence-electron chi connectivity index (χ0n) is 11.5. The molecule has 1 aromatic rings. The molecule has 1 aromatic carbocycles. The monoisotopic (exact) mass is 263 g/mol. The van der Waals surface area contributed by atoms with Crippen LogP contribution < -0.4 is 10.6 Å². The number of hydrogen-bond acceptors (Lipinski definition) is 4. The van der Waals surface area contributed by atoms with Crippen LogP contribution in [0.25, 0.3) is 0 Å². The van der Waals surface area contributed by atoms with Crippen molar-refractivity contribution in [3.8, 4) is 0 Å². The van der Waals surface area contributed by atoms with Gasteiger partial charge in [0.25, 0.3) is 5.69 Å². The van der Waals surface area contributed by atoms with E-state index in [-0.39, 0.29) is 10.6 Å². The summed E-state index contributed by atoms with van der Waals surface area (Å²) in [6.07, 6.45) is 2.14. The van der Waals surface area contributed by atoms with Gasteiger partial charge in [-0.25, -0.2) is 0 Å². The van der Waals surface area contributed by atoms with E-state index >= 15 is 0 Å². The van der Waals surface area contributed by atoms with Crippen molar-refractivity contribution in [3.05, 3.63) is 33.9 Å². The largest absolute Gasteiger partial charge is 0.363 e. The third kappa shape index (κ3) is 2.71. The van der Waals surface area contributed by atoms with E-state index in [2.05, 4.69) is 11.8 Å². The van der Waals surface area contributed by atoms with Crippen LogP contribution in [0.4, 0.5) is 11.4 Å². The minimum atomic E-state index is -0.291. The minimum Gasteiger partial charge on any atom is -0.363 e. The van der Waals surface area contributed by atoms with Crippen LogP contribution in [0.15, 0.2) is 18.2 Å². The molecule has 0 saturated carbocycles. The van der Waals surface area contributed by atoms with Crippen molar-refractivity contribution in [1.82, 2.24) is 0 Å². The highest BCUT2D eigenvalue weighted by Crippen LogP contribution is 2.36. The number of nitro groups is 1. The second-order valence-electron chi connectivity index (χ2n) is 5.38. The summed E-state index contributed by atoms with van der Waals surface area (Å²) in [7, 11) is 0. The summed E-state index contributed by atoms with van der Waals surface area (Å²) in [6.45, 7) is 5.51. The van der Waals surface area contributed by atoms with Crippen molar-refractivity contribution >= 4 is 11.4 Å². The highest BCUT2D eigenvalue weighted by Gasteiger charge is 2.30. The molecule has 1 aliphatic heterocycles. The molecule has 0 aromatic heterocycles. The van der Waals surface area contributed by atoms with Crippen molar-refractivity contribution in [1.29, 1.82) is 0 Å². The van der Waals surface area contributed by atoms with Crippen LogP contribution in [0, 0.1) is 23.0 Å². The Morgan fingerprint density at radius 1 is 1.47 bits per heavy atom. The van der Waals surface area contributed by atoms with E-state index in [0.29, 0.717) is 18.5 Å². The lowest BCUT2D eigenvalue weighted by Gasteiger charge is -2.39. The van der Waals surface area contributed by atoms with Gasteiger partial charge in [0, 0.05) is 18.7 Å². The molecule has 2 rings (SSSR count). The van der Waals surface area contributed by atoms with Crippen LogP contribution in [0.1, 0.15) is 25.3 Å². The molecule has 5 heteroatoms. The maximum absolute atomic E-state index is 11.2. The fourth-order valence-electron chi connectivity index (χ4n) is 2.85. The molecule has 0 bridgehead atoms. The topological polar surface area (TPSA) is 72.4 Å². The first-order valence-electron chi connectivity index (χ1n) is 6.75. The Labute approximate surface area is 113 Å². The summed E-state index contributed by atoms with van der Waals surface area (Å²) in [5, 5.41) is 11.2. The lowest BCUT2D eigenvalue weighted by Crippen LogP contribution is -2.44. The quantitative estimate of drug-likeness (QED) is 0.671. The number of benzene rings is 1. The average Bonchev–Trinajstić information content (AvgIpc) is 2.39. The Hall–Kier alpha value is -1.62. The van der Waals surface area contributed by atoms with Gasteiger partial charge in [-0.1, -0.05) is 12.1 Å². The van der Waals surface area contributed by atoms with E-state index in [1.54, 1.807) is 12.1 Å². The Balaban J connectivity index is 2.41. The van der Waals surface area contributed by atoms with E-state index in [9.17, 15) is 10.1 Å². The van der Waals surface area contributed by atoms with Crippen LogP contribution in [-0.4, -0.2) is 24.1 Å². The maximum Gasteiger partial charge on any atom is 0.292 e. The molecular weight excluding hydrogens is 242 g/mol. The van der Waals surface area contributed by atoms with Gasteiger partial charge >= 0.3 is 0 Å². The molecule has 0 amide bonds. The van der Waals surface area contributed by atoms with Crippen LogP contribution in [0.2, 0.25) is 0 Å². The Morgan fingerprint density at radius 3 is 2.84 bits per heavy atom. The Kier molecular flexibility index (Phi) is 4.04. The van der Waals surface area contributed by atoms with E-state index in [0.717, 1.165) is 30.6 Å². The number of rotatable bonds is 3. The second kappa shape index (κ2) is 5.57. The first-order valence-corrected chi connectivity index (χ1v) is 6.75. The third-order valence-corrected chi connectivity index (χ3v) is 4.01. The zero-order chi connectivity index (χ0) is 14.0. The smallest absolute Gasteiger partial charge is 0.292 e. The second-order valence-corrected chi connectivity index (χ2v) is 5.38. The summed E-state index contributed by atoms with van der Waals surface area (Å²) < 4.78 is 0. The number of hydrogen-bond donors (Lipinski definition) is 1. The molecule has 5 nitrogen and oxygen atoms in total. The Bertz CT molecular complexity index is 476. The molecule has 1 saturated heterocycles. The normalized spacial score (nSPS) is 23.4. The lowest BCUT2D eigenvalue weighted by atomic mass is 9.92. The third-order valence-electron chi connectivity index (χ3n) is 4.01. The molecule has 0 spiro atoms. The number of anilines is 1. The van der Waals surface area contributed by atoms with E-state index in [1.165, 1.54) is 0 Å². The molecule has 0 radical (unpaired) electrons. The van der Waals surface area contributed by atoms with Crippen molar-refractivity contribution < 1.29 is 4.92 Å². The molecule has 1 aliphatic rings. The standard InChI is InChI=1S/C14H21N3O2/c1-10-4-3-5-13(17(18)19)14(10)16-9-12(8-15)7-6-11(16)2/h3-5,11-12H,6-9,15H2,1-2H3. The van der Waals surface area contributed by atoms with Crippen molar-refractivity contribution in [2.24, 2.45) is 11.7 Å². The summed E-state index contributed by atoms with van der Waals surface area (Å²) in [5.41, 5.74) is 7.68. The molecule has 104 valence electrons. The minimum absolute atomic E-state index is 0.199. The number of aryl methyl sites for hydroxylation is 1. The number of para-hydroxylation sites is 1. The lowest BCUT2D eigenvalue weighted by molar-refractivity contribution is -0.384. The molecule has 2 N–H and O–H groups in total. The predicted octanol–water partition coefficient (Wildman–Crippen LogP) is 2.47. The molecule has 0 aliphatic carbocycles. The van der Waals surface area contributed by atoms with E-state index < -0.39 is 0 Å². The van der Waals surface area contributed by atoms with Gasteiger partial charge in [0.05, 0.1) is 4.92 Å². The fourth-order valence-corrected chi connectivity index (χ4v) is 2.85. The van der Waals surface area contributed by atoms with Crippen molar-refractivity contribution in [3.63, 3.8) is 0 Å². The predicted molar refractivity (Wildman–Crippen MR) is 76.4 cm³/mol. The number of piperidine rings is 1. The summed E-state index contributed by atoms with van der Waals surface area (Å²) in [6, 6.07) is 5.58. The van der Waals surface area contributed by atoms with Gasteiger partial charge in [0.2, 0.25) is 0 Å². The van der Waals surface area contributed by atoms with Crippen LogP contribution in [0.3, 0.4) is 0 Å². The van der Waals surface area contributed by atoms with Crippen molar-refractivity contribution in [2.45, 2.75) is 32.7 Å². The molecular formula is C14H21N3O2.